The topological polar surface area (TPSA) is 157 Å². The Kier molecular flexibility index (Phi) is 7.74. The number of rotatable bonds is 1. The van der Waals surface area contributed by atoms with E-state index in [-0.39, 0.29) is 5.96 Å². The molecule has 0 aromatic carbocycles. The number of guanidine groups is 1. The molecular formula is CH5N5O4. The lowest BCUT2D eigenvalue weighted by atomic mass is 11.1. The summed E-state index contributed by atoms with van der Waals surface area (Å²) in [5.74, 6) is -0.315. The van der Waals surface area contributed by atoms with Crippen LogP contribution >= 0.6 is 0 Å². The highest BCUT2D eigenvalue weighted by atomic mass is 16.9. The summed E-state index contributed by atoms with van der Waals surface area (Å²) in [6.45, 7) is 0. The summed E-state index contributed by atoms with van der Waals surface area (Å²) >= 11 is 0. The molecule has 0 rings (SSSR count). The molecular weight excluding hydrogens is 146 g/mol. The van der Waals surface area contributed by atoms with Crippen molar-refractivity contribution >= 4 is 5.96 Å². The number of nitrogens with two attached hydrogens (primary N) is 2. The van der Waals surface area contributed by atoms with E-state index in [9.17, 15) is 0 Å². The zero-order chi connectivity index (χ0) is 8.57. The van der Waals surface area contributed by atoms with Crippen LogP contribution in [0.25, 0.3) is 0 Å². The number of nitroso groups, excluding NO2 is 1. The zero-order valence-corrected chi connectivity index (χ0v) is 4.67. The highest BCUT2D eigenvalue weighted by molar-refractivity contribution is 5.75. The fourth-order valence-electron chi connectivity index (χ4n) is 0.0471. The van der Waals surface area contributed by atoms with Gasteiger partial charge in [0.1, 0.15) is 0 Å². The zero-order valence-electron chi connectivity index (χ0n) is 4.67. The van der Waals surface area contributed by atoms with E-state index in [4.69, 9.17) is 20.2 Å². The number of nitrogens with zero attached hydrogens (tertiary/aromatic N) is 3. The third kappa shape index (κ3) is 136. The minimum absolute atomic E-state index is 0.315. The molecule has 0 aliphatic carbocycles. The largest absolute Gasteiger partial charge is 0.368 e. The molecule has 0 unspecified atom stereocenters. The molecule has 0 saturated heterocycles. The Hall–Kier alpha value is -1.93. The molecule has 0 radical (unpaired) electrons. The fraction of sp³-hybridized carbons (Fsp3) is 0. The molecule has 0 aliphatic rings. The van der Waals surface area contributed by atoms with Crippen LogP contribution in [0.4, 0.5) is 0 Å². The molecule has 5 N–H and O–H groups in total. The van der Waals surface area contributed by atoms with Crippen molar-refractivity contribution in [1.29, 1.82) is 0 Å². The molecule has 0 aromatic heterocycles. The van der Waals surface area contributed by atoms with Crippen molar-refractivity contribution in [3.8, 4) is 0 Å². The molecule has 0 aliphatic heterocycles. The Morgan fingerprint density at radius 1 is 1.60 bits per heavy atom. The first-order valence-electron chi connectivity index (χ1n) is 1.75. The van der Waals surface area contributed by atoms with Crippen LogP contribution in [-0.2, 0) is 0 Å². The maximum Gasteiger partial charge on any atom is 0.291 e. The first-order chi connectivity index (χ1) is 4.50. The van der Waals surface area contributed by atoms with Crippen LogP contribution in [0.5, 0.6) is 0 Å². The van der Waals surface area contributed by atoms with Crippen molar-refractivity contribution in [2.75, 3.05) is 0 Å². The smallest absolute Gasteiger partial charge is 0.291 e. The third-order valence-corrected chi connectivity index (χ3v) is 0.156. The Bertz CT molecular complexity index is 133. The molecule has 0 bridgehead atoms. The summed E-state index contributed by atoms with van der Waals surface area (Å²) < 4.78 is 0. The first-order valence-corrected chi connectivity index (χ1v) is 1.75. The average Bonchev–Trinajstić information content (AvgIpc) is 1.62. The minimum atomic E-state index is -1.50. The monoisotopic (exact) mass is 151 g/mol. The van der Waals surface area contributed by atoms with Gasteiger partial charge in [-0.05, 0) is 0 Å². The molecule has 0 amide bonds. The van der Waals surface area contributed by atoms with Gasteiger partial charge in [0.25, 0.3) is 5.09 Å². The minimum Gasteiger partial charge on any atom is -0.368 e. The Morgan fingerprint density at radius 2 is 1.90 bits per heavy atom. The molecule has 9 nitrogen and oxygen atoms in total. The normalized spacial score (nSPS) is 6.40. The van der Waals surface area contributed by atoms with Crippen LogP contribution in [0, 0.1) is 15.0 Å². The maximum atomic E-state index is 9.02. The molecule has 0 atom stereocenters. The Balaban J connectivity index is 0. The van der Waals surface area contributed by atoms with Crippen LogP contribution in [0.1, 0.15) is 0 Å². The van der Waals surface area contributed by atoms with E-state index >= 15 is 0 Å². The lowest BCUT2D eigenvalue weighted by Crippen LogP contribution is -2.21. The predicted octanol–water partition coefficient (Wildman–Crippen LogP) is -1.41. The van der Waals surface area contributed by atoms with Crippen molar-refractivity contribution in [2.45, 2.75) is 0 Å². The summed E-state index contributed by atoms with van der Waals surface area (Å²) in [6.07, 6.45) is 0. The summed E-state index contributed by atoms with van der Waals surface area (Å²) in [4.78, 5) is 17.4. The number of hydrogen-bond acceptors (Lipinski definition) is 4. The summed E-state index contributed by atoms with van der Waals surface area (Å²) in [5, 5.41) is 18.3. The standard InChI is InChI=1S/CH4N4O.HNO3/c2-1(3)4-5-6;2-1(3)4/h(H4,2,3,4,6);(H,2,3,4). The highest BCUT2D eigenvalue weighted by Gasteiger charge is 1.69. The van der Waals surface area contributed by atoms with Crippen molar-refractivity contribution in [2.24, 2.45) is 21.9 Å². The Labute approximate surface area is 54.4 Å². The predicted molar refractivity (Wildman–Crippen MR) is 30.4 cm³/mol. The van der Waals surface area contributed by atoms with Gasteiger partial charge >= 0.3 is 0 Å². The third-order valence-electron chi connectivity index (χ3n) is 0.156. The number of hydrogen-bond donors (Lipinski definition) is 3. The second-order valence-corrected chi connectivity index (χ2v) is 0.844. The molecule has 9 heteroatoms. The van der Waals surface area contributed by atoms with Gasteiger partial charge in [0.15, 0.2) is 0 Å². The van der Waals surface area contributed by atoms with E-state index in [0.717, 1.165) is 0 Å². The molecule has 0 aromatic rings. The molecule has 58 valence electrons. The van der Waals surface area contributed by atoms with Gasteiger partial charge < -0.3 is 16.7 Å². The molecule has 10 heavy (non-hydrogen) atoms. The van der Waals surface area contributed by atoms with Gasteiger partial charge in [-0.25, -0.2) is 0 Å². The van der Waals surface area contributed by atoms with E-state index in [1.165, 1.54) is 0 Å². The second kappa shape index (κ2) is 7.07. The van der Waals surface area contributed by atoms with Crippen LogP contribution in [-0.4, -0.2) is 16.3 Å². The maximum absolute atomic E-state index is 9.02. The van der Waals surface area contributed by atoms with Crippen LogP contribution < -0.4 is 11.5 Å². The van der Waals surface area contributed by atoms with Gasteiger partial charge in [-0.2, -0.15) is 0 Å². The quantitative estimate of drug-likeness (QED) is 0.137. The van der Waals surface area contributed by atoms with Crippen molar-refractivity contribution in [3.05, 3.63) is 15.0 Å². The Morgan fingerprint density at radius 3 is 1.90 bits per heavy atom. The fourth-order valence-corrected chi connectivity index (χ4v) is 0.0471. The second-order valence-electron chi connectivity index (χ2n) is 0.844. The van der Waals surface area contributed by atoms with Gasteiger partial charge in [-0.1, -0.05) is 5.10 Å². The van der Waals surface area contributed by atoms with Gasteiger partial charge in [-0.3, -0.25) is 0 Å². The molecule has 0 fully saturated rings. The SMILES string of the molecule is NC(N)=NN=O.O=[N+]([O-])O. The summed E-state index contributed by atoms with van der Waals surface area (Å²) in [5.41, 5.74) is 9.27. The van der Waals surface area contributed by atoms with E-state index in [1.807, 2.05) is 5.29 Å². The summed E-state index contributed by atoms with van der Waals surface area (Å²) in [7, 11) is 0. The van der Waals surface area contributed by atoms with Gasteiger partial charge in [-0.15, -0.1) is 15.0 Å². The van der Waals surface area contributed by atoms with Gasteiger partial charge in [0.2, 0.25) is 5.96 Å². The molecule has 0 spiro atoms. The van der Waals surface area contributed by atoms with Crippen molar-refractivity contribution < 1.29 is 10.3 Å². The van der Waals surface area contributed by atoms with Crippen molar-refractivity contribution in [3.63, 3.8) is 0 Å². The van der Waals surface area contributed by atoms with Crippen molar-refractivity contribution in [1.82, 2.24) is 0 Å². The summed E-state index contributed by atoms with van der Waals surface area (Å²) in [6, 6.07) is 0. The van der Waals surface area contributed by atoms with E-state index < -0.39 is 5.09 Å². The average molecular weight is 151 g/mol. The van der Waals surface area contributed by atoms with Crippen LogP contribution in [0.2, 0.25) is 0 Å². The van der Waals surface area contributed by atoms with Crippen LogP contribution in [0.15, 0.2) is 10.4 Å². The van der Waals surface area contributed by atoms with E-state index in [0.29, 0.717) is 0 Å². The highest BCUT2D eigenvalue weighted by Crippen LogP contribution is 1.58. The molecule has 0 saturated carbocycles. The van der Waals surface area contributed by atoms with E-state index in [2.05, 4.69) is 16.6 Å². The lowest BCUT2D eigenvalue weighted by molar-refractivity contribution is -0.742. The lowest BCUT2D eigenvalue weighted by Gasteiger charge is -1.74. The van der Waals surface area contributed by atoms with E-state index in [1.54, 1.807) is 0 Å². The van der Waals surface area contributed by atoms with Crippen LogP contribution in [0.3, 0.4) is 0 Å². The molecule has 0 heterocycles. The first kappa shape index (κ1) is 10.9. The van der Waals surface area contributed by atoms with Gasteiger partial charge in [0.05, 0.1) is 5.29 Å². The van der Waals surface area contributed by atoms with Gasteiger partial charge in [0, 0.05) is 0 Å².